The summed E-state index contributed by atoms with van der Waals surface area (Å²) in [7, 11) is 0. The summed E-state index contributed by atoms with van der Waals surface area (Å²) in [6.45, 7) is 1.81. The lowest BCUT2D eigenvalue weighted by Crippen LogP contribution is -2.37. The van der Waals surface area contributed by atoms with Crippen molar-refractivity contribution in [3.05, 3.63) is 22.7 Å². The van der Waals surface area contributed by atoms with E-state index >= 15 is 0 Å². The van der Waals surface area contributed by atoms with Crippen molar-refractivity contribution in [1.29, 1.82) is 0 Å². The second-order valence-corrected chi connectivity index (χ2v) is 4.82. The molecule has 1 aliphatic carbocycles. The van der Waals surface area contributed by atoms with E-state index in [1.165, 1.54) is 19.3 Å². The monoisotopic (exact) mass is 253 g/mol. The maximum atomic E-state index is 12.0. The van der Waals surface area contributed by atoms with Gasteiger partial charge in [-0.05, 0) is 36.9 Å². The average molecular weight is 254 g/mol. The second kappa shape index (κ2) is 5.45. The van der Waals surface area contributed by atoms with Crippen molar-refractivity contribution in [2.45, 2.75) is 45.1 Å². The molecule has 1 aliphatic rings. The van der Waals surface area contributed by atoms with Gasteiger partial charge in [-0.15, -0.1) is 0 Å². The summed E-state index contributed by atoms with van der Waals surface area (Å²) < 4.78 is 0. The lowest BCUT2D eigenvalue weighted by molar-refractivity contribution is 0.0921. The minimum atomic E-state index is -0.140. The van der Waals surface area contributed by atoms with Crippen LogP contribution in [0, 0.1) is 6.92 Å². The number of rotatable bonds is 2. The first-order valence-electron chi connectivity index (χ1n) is 5.97. The molecule has 1 fully saturated rings. The topological polar surface area (TPSA) is 54.9 Å². The standard InChI is InChI=1S/C12H16ClN3O/c1-8-7-14-12(13)16-10(8)11(17)15-9-5-3-2-4-6-9/h7,9H,2-6H2,1H3,(H,15,17). The number of carbonyl (C=O) groups excluding carboxylic acids is 1. The van der Waals surface area contributed by atoms with Gasteiger partial charge in [0.15, 0.2) is 0 Å². The Morgan fingerprint density at radius 1 is 1.41 bits per heavy atom. The minimum absolute atomic E-state index is 0.115. The molecular weight excluding hydrogens is 238 g/mol. The molecule has 0 atom stereocenters. The first-order chi connectivity index (χ1) is 8.16. The summed E-state index contributed by atoms with van der Waals surface area (Å²) >= 11 is 5.70. The van der Waals surface area contributed by atoms with Crippen molar-refractivity contribution >= 4 is 17.5 Å². The molecule has 0 radical (unpaired) electrons. The van der Waals surface area contributed by atoms with Gasteiger partial charge in [-0.25, -0.2) is 9.97 Å². The van der Waals surface area contributed by atoms with Crippen molar-refractivity contribution in [2.75, 3.05) is 0 Å². The van der Waals surface area contributed by atoms with Gasteiger partial charge < -0.3 is 5.32 Å². The van der Waals surface area contributed by atoms with Crippen LogP contribution in [0.3, 0.4) is 0 Å². The summed E-state index contributed by atoms with van der Waals surface area (Å²) in [6.07, 6.45) is 7.34. The molecule has 2 rings (SSSR count). The van der Waals surface area contributed by atoms with Crippen molar-refractivity contribution < 1.29 is 4.79 Å². The van der Waals surface area contributed by atoms with Crippen LogP contribution in [0.2, 0.25) is 5.28 Å². The molecule has 0 unspecified atom stereocenters. The van der Waals surface area contributed by atoms with Crippen LogP contribution in [-0.4, -0.2) is 21.9 Å². The van der Waals surface area contributed by atoms with Gasteiger partial charge in [0.05, 0.1) is 0 Å². The smallest absolute Gasteiger partial charge is 0.270 e. The van der Waals surface area contributed by atoms with Gasteiger partial charge in [0.2, 0.25) is 5.28 Å². The SMILES string of the molecule is Cc1cnc(Cl)nc1C(=O)NC1CCCCC1. The Kier molecular flexibility index (Phi) is 3.94. The molecule has 0 aliphatic heterocycles. The number of aromatic nitrogens is 2. The average Bonchev–Trinajstić information content (AvgIpc) is 2.33. The molecule has 1 aromatic rings. The third-order valence-corrected chi connectivity index (χ3v) is 3.28. The lowest BCUT2D eigenvalue weighted by atomic mass is 9.95. The molecule has 1 heterocycles. The number of halogens is 1. The minimum Gasteiger partial charge on any atom is -0.348 e. The zero-order valence-corrected chi connectivity index (χ0v) is 10.6. The Hall–Kier alpha value is -1.16. The van der Waals surface area contributed by atoms with Crippen molar-refractivity contribution in [1.82, 2.24) is 15.3 Å². The zero-order valence-electron chi connectivity index (χ0n) is 9.87. The molecule has 92 valence electrons. The van der Waals surface area contributed by atoms with Crippen LogP contribution in [0.15, 0.2) is 6.20 Å². The van der Waals surface area contributed by atoms with Crippen molar-refractivity contribution in [2.24, 2.45) is 0 Å². The van der Waals surface area contributed by atoms with E-state index in [-0.39, 0.29) is 17.2 Å². The fraction of sp³-hybridized carbons (Fsp3) is 0.583. The molecule has 0 saturated heterocycles. The molecule has 0 bridgehead atoms. The summed E-state index contributed by atoms with van der Waals surface area (Å²) in [6, 6.07) is 0.282. The molecular formula is C12H16ClN3O. The number of hydrogen-bond donors (Lipinski definition) is 1. The molecule has 1 N–H and O–H groups in total. The highest BCUT2D eigenvalue weighted by Crippen LogP contribution is 2.18. The molecule has 0 spiro atoms. The quantitative estimate of drug-likeness (QED) is 0.824. The fourth-order valence-corrected chi connectivity index (χ4v) is 2.28. The molecule has 17 heavy (non-hydrogen) atoms. The van der Waals surface area contributed by atoms with Crippen LogP contribution >= 0.6 is 11.6 Å². The zero-order chi connectivity index (χ0) is 12.3. The van der Waals surface area contributed by atoms with Crippen LogP contribution in [0.1, 0.15) is 48.2 Å². The van der Waals surface area contributed by atoms with E-state index in [1.807, 2.05) is 6.92 Å². The summed E-state index contributed by atoms with van der Waals surface area (Å²) in [5.41, 5.74) is 1.14. The molecule has 1 saturated carbocycles. The first kappa shape index (κ1) is 12.3. The Balaban J connectivity index is 2.05. The van der Waals surface area contributed by atoms with Crippen LogP contribution in [-0.2, 0) is 0 Å². The van der Waals surface area contributed by atoms with E-state index in [0.29, 0.717) is 5.69 Å². The van der Waals surface area contributed by atoms with Crippen LogP contribution < -0.4 is 5.32 Å². The predicted octanol–water partition coefficient (Wildman–Crippen LogP) is 2.50. The highest BCUT2D eigenvalue weighted by molar-refractivity contribution is 6.28. The van der Waals surface area contributed by atoms with Crippen LogP contribution in [0.25, 0.3) is 0 Å². The molecule has 1 aromatic heterocycles. The fourth-order valence-electron chi connectivity index (χ4n) is 2.15. The molecule has 1 amide bonds. The van der Waals surface area contributed by atoms with Gasteiger partial charge >= 0.3 is 0 Å². The summed E-state index contributed by atoms with van der Waals surface area (Å²) in [4.78, 5) is 19.8. The molecule has 0 aromatic carbocycles. The number of amides is 1. The van der Waals surface area contributed by atoms with Gasteiger partial charge in [0, 0.05) is 12.2 Å². The number of nitrogens with zero attached hydrogens (tertiary/aromatic N) is 2. The summed E-state index contributed by atoms with van der Waals surface area (Å²) in [5, 5.41) is 3.13. The third kappa shape index (κ3) is 3.16. The first-order valence-corrected chi connectivity index (χ1v) is 6.34. The highest BCUT2D eigenvalue weighted by atomic mass is 35.5. The highest BCUT2D eigenvalue weighted by Gasteiger charge is 2.19. The van der Waals surface area contributed by atoms with Gasteiger partial charge in [-0.1, -0.05) is 19.3 Å². The van der Waals surface area contributed by atoms with E-state index in [0.717, 1.165) is 18.4 Å². The van der Waals surface area contributed by atoms with Crippen molar-refractivity contribution in [3.63, 3.8) is 0 Å². The Bertz CT molecular complexity index is 416. The Morgan fingerprint density at radius 3 is 2.82 bits per heavy atom. The van der Waals surface area contributed by atoms with E-state index in [9.17, 15) is 4.79 Å². The van der Waals surface area contributed by atoms with Gasteiger partial charge in [-0.2, -0.15) is 0 Å². The maximum Gasteiger partial charge on any atom is 0.270 e. The van der Waals surface area contributed by atoms with Crippen LogP contribution in [0.4, 0.5) is 0 Å². The van der Waals surface area contributed by atoms with E-state index in [1.54, 1.807) is 6.20 Å². The van der Waals surface area contributed by atoms with Crippen LogP contribution in [0.5, 0.6) is 0 Å². The second-order valence-electron chi connectivity index (χ2n) is 4.48. The maximum absolute atomic E-state index is 12.0. The number of hydrogen-bond acceptors (Lipinski definition) is 3. The van der Waals surface area contributed by atoms with E-state index in [2.05, 4.69) is 15.3 Å². The third-order valence-electron chi connectivity index (χ3n) is 3.10. The largest absolute Gasteiger partial charge is 0.348 e. The van der Waals surface area contributed by atoms with E-state index < -0.39 is 0 Å². The van der Waals surface area contributed by atoms with Crippen molar-refractivity contribution in [3.8, 4) is 0 Å². The summed E-state index contributed by atoms with van der Waals surface area (Å²) in [5.74, 6) is -0.140. The van der Waals surface area contributed by atoms with E-state index in [4.69, 9.17) is 11.6 Å². The Labute approximate surface area is 106 Å². The lowest BCUT2D eigenvalue weighted by Gasteiger charge is -2.22. The number of nitrogens with one attached hydrogen (secondary N) is 1. The normalized spacial score (nSPS) is 16.8. The number of aryl methyl sites for hydroxylation is 1. The van der Waals surface area contributed by atoms with Gasteiger partial charge in [-0.3, -0.25) is 4.79 Å². The van der Waals surface area contributed by atoms with Gasteiger partial charge in [0.25, 0.3) is 5.91 Å². The van der Waals surface area contributed by atoms with Gasteiger partial charge in [0.1, 0.15) is 5.69 Å². The Morgan fingerprint density at radius 2 is 2.12 bits per heavy atom. The number of carbonyl (C=O) groups is 1. The molecule has 4 nitrogen and oxygen atoms in total. The molecule has 5 heteroatoms. The predicted molar refractivity (Wildman–Crippen MR) is 66.1 cm³/mol.